The predicted molar refractivity (Wildman–Crippen MR) is 110 cm³/mol. The first-order chi connectivity index (χ1) is 13.9. The first-order valence-corrected chi connectivity index (χ1v) is 11.0. The molecule has 2 aromatic carbocycles. The van der Waals surface area contributed by atoms with Gasteiger partial charge in [0.15, 0.2) is 23.0 Å². The van der Waals surface area contributed by atoms with Gasteiger partial charge in [0, 0.05) is 19.2 Å². The van der Waals surface area contributed by atoms with Crippen LogP contribution in [0, 0.1) is 0 Å². The molecule has 0 aromatic heterocycles. The molecule has 7 nitrogen and oxygen atoms in total. The van der Waals surface area contributed by atoms with Gasteiger partial charge in [0.05, 0.1) is 32.3 Å². The fourth-order valence-corrected chi connectivity index (χ4v) is 4.84. The average molecular weight is 422 g/mol. The van der Waals surface area contributed by atoms with Gasteiger partial charge in [-0.25, -0.2) is 8.42 Å². The van der Waals surface area contributed by atoms with E-state index >= 15 is 0 Å². The van der Waals surface area contributed by atoms with Gasteiger partial charge in [-0.15, -0.1) is 0 Å². The van der Waals surface area contributed by atoms with Gasteiger partial charge < -0.3 is 18.9 Å². The molecule has 0 bridgehead atoms. The summed E-state index contributed by atoms with van der Waals surface area (Å²) >= 11 is 0. The minimum absolute atomic E-state index is 0.188. The van der Waals surface area contributed by atoms with E-state index < -0.39 is 10.0 Å². The molecule has 1 aliphatic rings. The lowest BCUT2D eigenvalue weighted by atomic mass is 10.0. The summed E-state index contributed by atoms with van der Waals surface area (Å²) in [5.74, 6) is 2.20. The molecule has 0 saturated heterocycles. The van der Waals surface area contributed by atoms with Crippen molar-refractivity contribution in [2.24, 2.45) is 0 Å². The van der Waals surface area contributed by atoms with Gasteiger partial charge in [0.1, 0.15) is 0 Å². The lowest BCUT2D eigenvalue weighted by Crippen LogP contribution is -2.36. The van der Waals surface area contributed by atoms with Crippen molar-refractivity contribution in [2.45, 2.75) is 31.7 Å². The molecule has 0 saturated carbocycles. The molecule has 0 spiro atoms. The number of ether oxygens (including phenoxy) is 4. The van der Waals surface area contributed by atoms with Gasteiger partial charge in [0.2, 0.25) is 10.0 Å². The Morgan fingerprint density at radius 3 is 2.10 bits per heavy atom. The molecule has 0 atom stereocenters. The van der Waals surface area contributed by atoms with Crippen molar-refractivity contribution in [3.63, 3.8) is 0 Å². The van der Waals surface area contributed by atoms with Crippen LogP contribution in [0.3, 0.4) is 0 Å². The van der Waals surface area contributed by atoms with Crippen LogP contribution in [0.5, 0.6) is 23.0 Å². The number of nitrogens with zero attached hydrogens (tertiary/aromatic N) is 1. The Morgan fingerprint density at radius 1 is 0.862 bits per heavy atom. The fourth-order valence-electron chi connectivity index (χ4n) is 3.40. The van der Waals surface area contributed by atoms with Gasteiger partial charge >= 0.3 is 0 Å². The van der Waals surface area contributed by atoms with E-state index in [2.05, 4.69) is 0 Å². The summed E-state index contributed by atoms with van der Waals surface area (Å²) in [6.45, 7) is 5.27. The van der Waals surface area contributed by atoms with Crippen LogP contribution in [0.1, 0.15) is 25.0 Å². The SMILES string of the molecule is CCOc1ccc(S(=O)(=O)N2CCc3cc(OC)c(OC)cc3C2)cc1OCC. The van der Waals surface area contributed by atoms with Crippen molar-refractivity contribution in [3.05, 3.63) is 41.5 Å². The third-order valence-corrected chi connectivity index (χ3v) is 6.68. The molecule has 0 fully saturated rings. The standard InChI is InChI=1S/C21H27NO6S/c1-5-27-18-8-7-17(13-21(18)28-6-2)29(23,24)22-10-9-15-11-19(25-3)20(26-4)12-16(15)14-22/h7-8,11-13H,5-6,9-10,14H2,1-4H3. The number of hydrogen-bond donors (Lipinski definition) is 0. The molecule has 8 heteroatoms. The number of sulfonamides is 1. The number of rotatable bonds is 8. The summed E-state index contributed by atoms with van der Waals surface area (Å²) in [6, 6.07) is 8.51. The zero-order valence-corrected chi connectivity index (χ0v) is 18.0. The molecule has 29 heavy (non-hydrogen) atoms. The Hall–Kier alpha value is -2.45. The molecule has 0 radical (unpaired) electrons. The summed E-state index contributed by atoms with van der Waals surface area (Å²) in [5.41, 5.74) is 1.98. The molecule has 0 aliphatic carbocycles. The van der Waals surface area contributed by atoms with Crippen LogP contribution in [-0.2, 0) is 23.0 Å². The Morgan fingerprint density at radius 2 is 1.48 bits per heavy atom. The van der Waals surface area contributed by atoms with E-state index in [1.54, 1.807) is 26.4 Å². The number of benzene rings is 2. The highest BCUT2D eigenvalue weighted by molar-refractivity contribution is 7.89. The number of methoxy groups -OCH3 is 2. The highest BCUT2D eigenvalue weighted by atomic mass is 32.2. The molecule has 0 amide bonds. The van der Waals surface area contributed by atoms with E-state index in [1.165, 1.54) is 10.4 Å². The van der Waals surface area contributed by atoms with E-state index in [9.17, 15) is 8.42 Å². The average Bonchev–Trinajstić information content (AvgIpc) is 2.73. The first kappa shape index (κ1) is 21.3. The van der Waals surface area contributed by atoms with Gasteiger partial charge in [-0.05, 0) is 55.7 Å². The summed E-state index contributed by atoms with van der Waals surface area (Å²) in [4.78, 5) is 0.188. The lowest BCUT2D eigenvalue weighted by Gasteiger charge is -2.29. The third-order valence-electron chi connectivity index (χ3n) is 4.84. The van der Waals surface area contributed by atoms with E-state index in [-0.39, 0.29) is 11.4 Å². The van der Waals surface area contributed by atoms with E-state index in [0.29, 0.717) is 49.2 Å². The summed E-state index contributed by atoms with van der Waals surface area (Å²) in [5, 5.41) is 0. The maximum absolute atomic E-state index is 13.3. The molecule has 158 valence electrons. The Bertz CT molecular complexity index is 973. The van der Waals surface area contributed by atoms with Crippen LogP contribution in [0.2, 0.25) is 0 Å². The third kappa shape index (κ3) is 4.28. The van der Waals surface area contributed by atoms with Crippen LogP contribution >= 0.6 is 0 Å². The minimum Gasteiger partial charge on any atom is -0.493 e. The van der Waals surface area contributed by atoms with Crippen LogP contribution in [0.15, 0.2) is 35.2 Å². The van der Waals surface area contributed by atoms with Crippen molar-refractivity contribution in [1.29, 1.82) is 0 Å². The Balaban J connectivity index is 1.92. The van der Waals surface area contributed by atoms with E-state index in [0.717, 1.165) is 11.1 Å². The largest absolute Gasteiger partial charge is 0.493 e. The zero-order chi connectivity index (χ0) is 21.0. The summed E-state index contributed by atoms with van der Waals surface area (Å²) in [7, 11) is -0.532. The normalized spacial score (nSPS) is 14.2. The van der Waals surface area contributed by atoms with Crippen molar-refractivity contribution >= 4 is 10.0 Å². The molecule has 1 aliphatic heterocycles. The smallest absolute Gasteiger partial charge is 0.243 e. The monoisotopic (exact) mass is 421 g/mol. The maximum Gasteiger partial charge on any atom is 0.243 e. The Labute approximate surface area is 172 Å². The summed E-state index contributed by atoms with van der Waals surface area (Å²) in [6.07, 6.45) is 0.601. The quantitative estimate of drug-likeness (QED) is 0.651. The van der Waals surface area contributed by atoms with Crippen LogP contribution in [0.25, 0.3) is 0 Å². The second-order valence-corrected chi connectivity index (χ2v) is 8.48. The van der Waals surface area contributed by atoms with Gasteiger partial charge in [-0.2, -0.15) is 4.31 Å². The topological polar surface area (TPSA) is 74.3 Å². The van der Waals surface area contributed by atoms with Gasteiger partial charge in [-0.1, -0.05) is 0 Å². The lowest BCUT2D eigenvalue weighted by molar-refractivity contribution is 0.287. The second-order valence-electron chi connectivity index (χ2n) is 6.54. The molecule has 0 N–H and O–H groups in total. The van der Waals surface area contributed by atoms with Crippen molar-refractivity contribution in [1.82, 2.24) is 4.31 Å². The van der Waals surface area contributed by atoms with Crippen molar-refractivity contribution < 1.29 is 27.4 Å². The van der Waals surface area contributed by atoms with Gasteiger partial charge in [-0.3, -0.25) is 0 Å². The highest BCUT2D eigenvalue weighted by Gasteiger charge is 2.30. The molecule has 1 heterocycles. The van der Waals surface area contributed by atoms with Gasteiger partial charge in [0.25, 0.3) is 0 Å². The molecule has 3 rings (SSSR count). The Kier molecular flexibility index (Phi) is 6.54. The fraction of sp³-hybridized carbons (Fsp3) is 0.429. The molecule has 0 unspecified atom stereocenters. The number of fused-ring (bicyclic) bond motifs is 1. The van der Waals surface area contributed by atoms with Crippen LogP contribution in [-0.4, -0.2) is 46.7 Å². The zero-order valence-electron chi connectivity index (χ0n) is 17.2. The van der Waals surface area contributed by atoms with E-state index in [1.807, 2.05) is 26.0 Å². The second kappa shape index (κ2) is 8.92. The highest BCUT2D eigenvalue weighted by Crippen LogP contribution is 2.36. The van der Waals surface area contributed by atoms with Crippen LogP contribution < -0.4 is 18.9 Å². The van der Waals surface area contributed by atoms with E-state index in [4.69, 9.17) is 18.9 Å². The molecular formula is C21H27NO6S. The van der Waals surface area contributed by atoms with Crippen molar-refractivity contribution in [2.75, 3.05) is 34.0 Å². The predicted octanol–water partition coefficient (Wildman–Crippen LogP) is 3.25. The summed E-state index contributed by atoms with van der Waals surface area (Å²) < 4.78 is 49.9. The van der Waals surface area contributed by atoms with Crippen LogP contribution in [0.4, 0.5) is 0 Å². The van der Waals surface area contributed by atoms with Crippen molar-refractivity contribution in [3.8, 4) is 23.0 Å². The molecule has 2 aromatic rings. The molecular weight excluding hydrogens is 394 g/mol. The maximum atomic E-state index is 13.3. The number of hydrogen-bond acceptors (Lipinski definition) is 6. The minimum atomic E-state index is -3.69. The first-order valence-electron chi connectivity index (χ1n) is 9.58.